The molecule has 0 spiro atoms. The second-order valence-corrected chi connectivity index (χ2v) is 7.67. The number of hydrogen-bond donors (Lipinski definition) is 1. The highest BCUT2D eigenvalue weighted by molar-refractivity contribution is 8.00. The molecule has 0 heterocycles. The maximum atomic E-state index is 12.9. The van der Waals surface area contributed by atoms with Crippen molar-refractivity contribution in [2.24, 2.45) is 0 Å². The Morgan fingerprint density at radius 3 is 2.36 bits per heavy atom. The standard InChI is InChI=1S/C21H25ClN2O3S/c1-4-23-21(26)15(2)24(13-16-5-9-18(27-3)10-6-16)20(25)14-28-19-11-7-17(22)8-12-19/h5-12,15H,4,13-14H2,1-3H3,(H,23,26). The van der Waals surface area contributed by atoms with Gasteiger partial charge in [-0.2, -0.15) is 0 Å². The molecule has 2 aromatic rings. The van der Waals surface area contributed by atoms with Gasteiger partial charge in [0.15, 0.2) is 0 Å². The van der Waals surface area contributed by atoms with E-state index in [1.54, 1.807) is 31.1 Å². The van der Waals surface area contributed by atoms with Crippen molar-refractivity contribution in [3.05, 3.63) is 59.1 Å². The molecule has 1 N–H and O–H groups in total. The van der Waals surface area contributed by atoms with Crippen LogP contribution in [0.1, 0.15) is 19.4 Å². The summed E-state index contributed by atoms with van der Waals surface area (Å²) in [4.78, 5) is 27.8. The van der Waals surface area contributed by atoms with Crippen molar-refractivity contribution in [3.8, 4) is 5.75 Å². The first-order chi connectivity index (χ1) is 13.4. The van der Waals surface area contributed by atoms with E-state index in [4.69, 9.17) is 16.3 Å². The van der Waals surface area contributed by atoms with Crippen molar-refractivity contribution >= 4 is 35.2 Å². The number of likely N-dealkylation sites (N-methyl/N-ethyl adjacent to an activating group) is 1. The molecule has 0 aliphatic heterocycles. The van der Waals surface area contributed by atoms with Crippen LogP contribution in [-0.2, 0) is 16.1 Å². The van der Waals surface area contributed by atoms with Crippen LogP contribution in [-0.4, -0.2) is 42.2 Å². The van der Waals surface area contributed by atoms with Crippen LogP contribution in [0, 0.1) is 0 Å². The molecule has 28 heavy (non-hydrogen) atoms. The molecule has 0 saturated heterocycles. The number of benzene rings is 2. The predicted octanol–water partition coefficient (Wildman–Crippen LogP) is 3.99. The molecule has 0 aliphatic rings. The number of methoxy groups -OCH3 is 1. The van der Waals surface area contributed by atoms with Gasteiger partial charge in [-0.05, 0) is 55.8 Å². The summed E-state index contributed by atoms with van der Waals surface area (Å²) in [5.74, 6) is 0.716. The molecule has 0 aromatic heterocycles. The van der Waals surface area contributed by atoms with Crippen LogP contribution in [0.4, 0.5) is 0 Å². The minimum atomic E-state index is -0.569. The minimum Gasteiger partial charge on any atom is -0.497 e. The topological polar surface area (TPSA) is 58.6 Å². The van der Waals surface area contributed by atoms with Gasteiger partial charge in [-0.25, -0.2) is 0 Å². The van der Waals surface area contributed by atoms with Gasteiger partial charge in [0, 0.05) is 23.0 Å². The summed E-state index contributed by atoms with van der Waals surface area (Å²) < 4.78 is 5.18. The Morgan fingerprint density at radius 1 is 1.14 bits per heavy atom. The molecule has 0 aliphatic carbocycles. The molecular formula is C21H25ClN2O3S. The van der Waals surface area contributed by atoms with Crippen molar-refractivity contribution in [3.63, 3.8) is 0 Å². The summed E-state index contributed by atoms with van der Waals surface area (Å²) in [6.45, 7) is 4.48. The number of halogens is 1. The maximum Gasteiger partial charge on any atom is 0.242 e. The lowest BCUT2D eigenvalue weighted by Gasteiger charge is -2.28. The zero-order valence-corrected chi connectivity index (χ0v) is 17.8. The summed E-state index contributed by atoms with van der Waals surface area (Å²) >= 11 is 7.33. The lowest BCUT2D eigenvalue weighted by molar-refractivity contribution is -0.138. The van der Waals surface area contributed by atoms with Crippen LogP contribution in [0.2, 0.25) is 5.02 Å². The monoisotopic (exact) mass is 420 g/mol. The van der Waals surface area contributed by atoms with E-state index >= 15 is 0 Å². The molecule has 0 saturated carbocycles. The summed E-state index contributed by atoms with van der Waals surface area (Å²) in [6, 6.07) is 14.3. The molecule has 0 fully saturated rings. The van der Waals surface area contributed by atoms with Gasteiger partial charge in [-0.15, -0.1) is 11.8 Å². The first kappa shape index (κ1) is 22.1. The highest BCUT2D eigenvalue weighted by Crippen LogP contribution is 2.22. The van der Waals surface area contributed by atoms with Crippen LogP contribution in [0.5, 0.6) is 5.75 Å². The number of amides is 2. The fourth-order valence-corrected chi connectivity index (χ4v) is 3.50. The summed E-state index contributed by atoms with van der Waals surface area (Å²) in [5, 5.41) is 3.44. The molecule has 1 unspecified atom stereocenters. The minimum absolute atomic E-state index is 0.102. The Balaban J connectivity index is 2.11. The Bertz CT molecular complexity index is 781. The van der Waals surface area contributed by atoms with Gasteiger partial charge in [-0.3, -0.25) is 9.59 Å². The van der Waals surface area contributed by atoms with E-state index in [1.807, 2.05) is 43.3 Å². The van der Waals surface area contributed by atoms with Crippen molar-refractivity contribution in [1.82, 2.24) is 10.2 Å². The molecule has 0 radical (unpaired) electrons. The van der Waals surface area contributed by atoms with Gasteiger partial charge in [-0.1, -0.05) is 23.7 Å². The van der Waals surface area contributed by atoms with Gasteiger partial charge < -0.3 is 15.0 Å². The number of nitrogens with zero attached hydrogens (tertiary/aromatic N) is 1. The van der Waals surface area contributed by atoms with Crippen LogP contribution >= 0.6 is 23.4 Å². The molecular weight excluding hydrogens is 396 g/mol. The van der Waals surface area contributed by atoms with Gasteiger partial charge in [0.1, 0.15) is 11.8 Å². The van der Waals surface area contributed by atoms with Crippen molar-refractivity contribution in [2.45, 2.75) is 31.3 Å². The molecule has 2 rings (SSSR count). The number of nitrogens with one attached hydrogen (secondary N) is 1. The highest BCUT2D eigenvalue weighted by atomic mass is 35.5. The largest absolute Gasteiger partial charge is 0.497 e. The van der Waals surface area contributed by atoms with E-state index in [0.717, 1.165) is 16.2 Å². The van der Waals surface area contributed by atoms with Crippen LogP contribution in [0.25, 0.3) is 0 Å². The summed E-state index contributed by atoms with van der Waals surface area (Å²) in [5.41, 5.74) is 0.932. The van der Waals surface area contributed by atoms with Crippen molar-refractivity contribution < 1.29 is 14.3 Å². The quantitative estimate of drug-likeness (QED) is 0.623. The molecule has 7 heteroatoms. The summed E-state index contributed by atoms with van der Waals surface area (Å²) in [6.07, 6.45) is 0. The lowest BCUT2D eigenvalue weighted by atomic mass is 10.1. The molecule has 1 atom stereocenters. The van der Waals surface area contributed by atoms with E-state index in [9.17, 15) is 9.59 Å². The number of carbonyl (C=O) groups is 2. The number of carbonyl (C=O) groups excluding carboxylic acids is 2. The van der Waals surface area contributed by atoms with E-state index in [2.05, 4.69) is 5.32 Å². The second-order valence-electron chi connectivity index (χ2n) is 6.18. The zero-order valence-electron chi connectivity index (χ0n) is 16.3. The van der Waals surface area contributed by atoms with E-state index in [-0.39, 0.29) is 17.6 Å². The zero-order chi connectivity index (χ0) is 20.5. The average Bonchev–Trinajstić information content (AvgIpc) is 2.71. The third-order valence-corrected chi connectivity index (χ3v) is 5.45. The third kappa shape index (κ3) is 6.46. The van der Waals surface area contributed by atoms with Crippen LogP contribution in [0.3, 0.4) is 0 Å². The highest BCUT2D eigenvalue weighted by Gasteiger charge is 2.25. The molecule has 2 amide bonds. The number of hydrogen-bond acceptors (Lipinski definition) is 4. The van der Waals surface area contributed by atoms with E-state index < -0.39 is 6.04 Å². The van der Waals surface area contributed by atoms with Gasteiger partial charge in [0.05, 0.1) is 12.9 Å². The Labute approximate surface area is 175 Å². The molecule has 150 valence electrons. The summed E-state index contributed by atoms with van der Waals surface area (Å²) in [7, 11) is 1.61. The van der Waals surface area contributed by atoms with Gasteiger partial charge in [0.2, 0.25) is 11.8 Å². The molecule has 2 aromatic carbocycles. The fraction of sp³-hybridized carbons (Fsp3) is 0.333. The fourth-order valence-electron chi connectivity index (χ4n) is 2.59. The number of ether oxygens (including phenoxy) is 1. The molecule has 0 bridgehead atoms. The van der Waals surface area contributed by atoms with Gasteiger partial charge >= 0.3 is 0 Å². The number of thioether (sulfide) groups is 1. The Kier molecular flexibility index (Phi) is 8.67. The second kappa shape index (κ2) is 11.0. The Morgan fingerprint density at radius 2 is 1.79 bits per heavy atom. The van der Waals surface area contributed by atoms with E-state index in [1.165, 1.54) is 11.8 Å². The molecule has 5 nitrogen and oxygen atoms in total. The first-order valence-electron chi connectivity index (χ1n) is 9.03. The normalized spacial score (nSPS) is 11.6. The van der Waals surface area contributed by atoms with E-state index in [0.29, 0.717) is 18.1 Å². The van der Waals surface area contributed by atoms with Crippen LogP contribution in [0.15, 0.2) is 53.4 Å². The Hall–Kier alpha value is -2.18. The average molecular weight is 421 g/mol. The van der Waals surface area contributed by atoms with Gasteiger partial charge in [0.25, 0.3) is 0 Å². The first-order valence-corrected chi connectivity index (χ1v) is 10.4. The van der Waals surface area contributed by atoms with Crippen molar-refractivity contribution in [1.29, 1.82) is 0 Å². The third-order valence-electron chi connectivity index (χ3n) is 4.21. The SMILES string of the molecule is CCNC(=O)C(C)N(Cc1ccc(OC)cc1)C(=O)CSc1ccc(Cl)cc1. The smallest absolute Gasteiger partial charge is 0.242 e. The van der Waals surface area contributed by atoms with Crippen molar-refractivity contribution in [2.75, 3.05) is 19.4 Å². The van der Waals surface area contributed by atoms with Crippen LogP contribution < -0.4 is 10.1 Å². The lowest BCUT2D eigenvalue weighted by Crippen LogP contribution is -2.48. The predicted molar refractivity (Wildman–Crippen MR) is 114 cm³/mol. The maximum absolute atomic E-state index is 12.9. The number of rotatable bonds is 9.